The molecule has 2 unspecified atom stereocenters. The van der Waals surface area contributed by atoms with Gasteiger partial charge in [-0.15, -0.1) is 0 Å². The lowest BCUT2D eigenvalue weighted by molar-refractivity contribution is -0.142. The normalized spacial score (nSPS) is 29.4. The first-order valence-electron chi connectivity index (χ1n) is 7.91. The molecule has 1 amide bonds. The smallest absolute Gasteiger partial charge is 0.303 e. The van der Waals surface area contributed by atoms with Crippen molar-refractivity contribution in [3.05, 3.63) is 0 Å². The van der Waals surface area contributed by atoms with Crippen molar-refractivity contribution in [3.8, 4) is 0 Å². The van der Waals surface area contributed by atoms with Gasteiger partial charge in [0.15, 0.2) is 0 Å². The molecule has 1 aliphatic carbocycles. The number of carbonyl (C=O) groups excluding carboxylic acids is 1. The molecule has 4 heteroatoms. The van der Waals surface area contributed by atoms with Crippen molar-refractivity contribution in [1.29, 1.82) is 0 Å². The fourth-order valence-electron chi connectivity index (χ4n) is 3.80. The lowest BCUT2D eigenvalue weighted by Crippen LogP contribution is -2.37. The summed E-state index contributed by atoms with van der Waals surface area (Å²) in [4.78, 5) is 25.6. The van der Waals surface area contributed by atoms with Crippen LogP contribution in [0.25, 0.3) is 0 Å². The molecule has 1 saturated carbocycles. The minimum Gasteiger partial charge on any atom is -0.481 e. The number of hydrogen-bond donors (Lipinski definition) is 1. The predicted octanol–water partition coefficient (Wildman–Crippen LogP) is 2.92. The van der Waals surface area contributed by atoms with Crippen LogP contribution < -0.4 is 0 Å². The van der Waals surface area contributed by atoms with Gasteiger partial charge in [-0.3, -0.25) is 9.59 Å². The van der Waals surface area contributed by atoms with Crippen LogP contribution in [0.15, 0.2) is 0 Å². The largest absolute Gasteiger partial charge is 0.481 e. The van der Waals surface area contributed by atoms with Crippen LogP contribution in [-0.4, -0.2) is 35.0 Å². The molecule has 2 aliphatic rings. The summed E-state index contributed by atoms with van der Waals surface area (Å²) in [6.07, 6.45) is 5.67. The highest BCUT2D eigenvalue weighted by Crippen LogP contribution is 2.43. The highest BCUT2D eigenvalue weighted by Gasteiger charge is 2.39. The van der Waals surface area contributed by atoms with Gasteiger partial charge in [0.2, 0.25) is 5.91 Å². The second-order valence-electron chi connectivity index (χ2n) is 7.06. The van der Waals surface area contributed by atoms with Gasteiger partial charge in [-0.1, -0.05) is 33.1 Å². The Kier molecular flexibility index (Phi) is 4.71. The molecule has 0 aromatic carbocycles. The van der Waals surface area contributed by atoms with Gasteiger partial charge in [0.25, 0.3) is 0 Å². The number of rotatable bonds is 4. The molecule has 1 N–H and O–H groups in total. The van der Waals surface area contributed by atoms with E-state index in [1.165, 1.54) is 6.42 Å². The van der Waals surface area contributed by atoms with Gasteiger partial charge >= 0.3 is 5.97 Å². The highest BCUT2D eigenvalue weighted by molar-refractivity contribution is 5.78. The maximum atomic E-state index is 12.5. The van der Waals surface area contributed by atoms with Crippen LogP contribution in [-0.2, 0) is 9.59 Å². The Bertz CT molecular complexity index is 364. The monoisotopic (exact) mass is 281 g/mol. The van der Waals surface area contributed by atoms with Gasteiger partial charge in [0, 0.05) is 19.5 Å². The third-order valence-corrected chi connectivity index (χ3v) is 5.31. The number of nitrogens with zero attached hydrogens (tertiary/aromatic N) is 1. The molecule has 1 heterocycles. The van der Waals surface area contributed by atoms with E-state index in [9.17, 15) is 9.59 Å². The van der Waals surface area contributed by atoms with Gasteiger partial charge in [0.05, 0.1) is 6.42 Å². The van der Waals surface area contributed by atoms with Crippen LogP contribution in [0.2, 0.25) is 0 Å². The molecule has 0 radical (unpaired) electrons. The quantitative estimate of drug-likeness (QED) is 0.862. The Morgan fingerprint density at radius 2 is 1.60 bits per heavy atom. The second-order valence-corrected chi connectivity index (χ2v) is 7.06. The zero-order valence-corrected chi connectivity index (χ0v) is 12.7. The summed E-state index contributed by atoms with van der Waals surface area (Å²) in [5.74, 6) is 0.522. The summed E-state index contributed by atoms with van der Waals surface area (Å²) in [6.45, 7) is 6.05. The van der Waals surface area contributed by atoms with Crippen LogP contribution in [0.5, 0.6) is 0 Å². The molecule has 4 nitrogen and oxygen atoms in total. The van der Waals surface area contributed by atoms with E-state index in [4.69, 9.17) is 5.11 Å². The number of likely N-dealkylation sites (tertiary alicyclic amines) is 1. The number of amides is 1. The van der Waals surface area contributed by atoms with Gasteiger partial charge in [0.1, 0.15) is 0 Å². The van der Waals surface area contributed by atoms with E-state index in [1.807, 2.05) is 4.90 Å². The van der Waals surface area contributed by atoms with Crippen LogP contribution in [0.4, 0.5) is 0 Å². The van der Waals surface area contributed by atoms with E-state index in [1.54, 1.807) is 0 Å². The number of carbonyl (C=O) groups is 2. The van der Waals surface area contributed by atoms with Crippen molar-refractivity contribution in [2.24, 2.45) is 17.3 Å². The summed E-state index contributed by atoms with van der Waals surface area (Å²) < 4.78 is 0. The SMILES string of the molecule is CC1CN(C(=O)CC2(CC(=O)O)CCCCC2)CC1C. The van der Waals surface area contributed by atoms with E-state index < -0.39 is 5.97 Å². The average Bonchev–Trinajstić information content (AvgIpc) is 2.69. The fraction of sp³-hybridized carbons (Fsp3) is 0.875. The van der Waals surface area contributed by atoms with E-state index in [-0.39, 0.29) is 17.7 Å². The lowest BCUT2D eigenvalue weighted by atomic mass is 9.69. The number of carboxylic acids is 1. The second kappa shape index (κ2) is 6.15. The molecular weight excluding hydrogens is 254 g/mol. The van der Waals surface area contributed by atoms with Crippen LogP contribution in [0.1, 0.15) is 58.8 Å². The Balaban J connectivity index is 2.00. The Morgan fingerprint density at radius 3 is 2.10 bits per heavy atom. The molecule has 20 heavy (non-hydrogen) atoms. The van der Waals surface area contributed by atoms with Crippen molar-refractivity contribution in [2.75, 3.05) is 13.1 Å². The lowest BCUT2D eigenvalue weighted by Gasteiger charge is -2.36. The minimum absolute atomic E-state index is 0.150. The van der Waals surface area contributed by atoms with E-state index >= 15 is 0 Å². The molecule has 2 atom stereocenters. The molecule has 2 rings (SSSR count). The van der Waals surface area contributed by atoms with Crippen molar-refractivity contribution in [3.63, 3.8) is 0 Å². The zero-order chi connectivity index (χ0) is 14.8. The Morgan fingerprint density at radius 1 is 1.05 bits per heavy atom. The molecule has 0 bridgehead atoms. The van der Waals surface area contributed by atoms with Crippen LogP contribution in [0.3, 0.4) is 0 Å². The molecule has 0 aromatic heterocycles. The van der Waals surface area contributed by atoms with Crippen molar-refractivity contribution in [1.82, 2.24) is 4.90 Å². The first kappa shape index (κ1) is 15.3. The summed E-state index contributed by atoms with van der Waals surface area (Å²) in [7, 11) is 0. The topological polar surface area (TPSA) is 57.6 Å². The fourth-order valence-corrected chi connectivity index (χ4v) is 3.80. The maximum absolute atomic E-state index is 12.5. The predicted molar refractivity (Wildman–Crippen MR) is 77.3 cm³/mol. The first-order chi connectivity index (χ1) is 9.42. The van der Waals surface area contributed by atoms with Gasteiger partial charge < -0.3 is 10.0 Å². The Labute approximate surface area is 121 Å². The van der Waals surface area contributed by atoms with Crippen molar-refractivity contribution < 1.29 is 14.7 Å². The van der Waals surface area contributed by atoms with E-state index in [0.29, 0.717) is 18.3 Å². The molecule has 0 aromatic rings. The zero-order valence-electron chi connectivity index (χ0n) is 12.7. The maximum Gasteiger partial charge on any atom is 0.303 e. The minimum atomic E-state index is -0.761. The molecule has 0 spiro atoms. The summed E-state index contributed by atoms with van der Waals surface area (Å²) in [5, 5.41) is 9.17. The number of aliphatic carboxylic acids is 1. The highest BCUT2D eigenvalue weighted by atomic mass is 16.4. The molecule has 1 aliphatic heterocycles. The van der Waals surface area contributed by atoms with Crippen LogP contribution in [0, 0.1) is 17.3 Å². The van der Waals surface area contributed by atoms with E-state index in [0.717, 1.165) is 38.8 Å². The van der Waals surface area contributed by atoms with E-state index in [2.05, 4.69) is 13.8 Å². The number of carboxylic acid groups (broad SMARTS) is 1. The summed E-state index contributed by atoms with van der Waals surface area (Å²) >= 11 is 0. The summed E-state index contributed by atoms with van der Waals surface area (Å²) in [6, 6.07) is 0. The average molecular weight is 281 g/mol. The van der Waals surface area contributed by atoms with Crippen molar-refractivity contribution in [2.45, 2.75) is 58.8 Å². The third-order valence-electron chi connectivity index (χ3n) is 5.31. The molecule has 114 valence electrons. The molecule has 2 fully saturated rings. The summed E-state index contributed by atoms with van der Waals surface area (Å²) in [5.41, 5.74) is -0.282. The molecular formula is C16H27NO3. The van der Waals surface area contributed by atoms with Crippen molar-refractivity contribution >= 4 is 11.9 Å². The molecule has 1 saturated heterocycles. The van der Waals surface area contributed by atoms with Gasteiger partial charge in [-0.25, -0.2) is 0 Å². The Hall–Kier alpha value is -1.06. The number of hydrogen-bond acceptors (Lipinski definition) is 2. The van der Waals surface area contributed by atoms with Gasteiger partial charge in [-0.2, -0.15) is 0 Å². The first-order valence-corrected chi connectivity index (χ1v) is 7.91. The van der Waals surface area contributed by atoms with Gasteiger partial charge in [-0.05, 0) is 30.1 Å². The third kappa shape index (κ3) is 3.53. The standard InChI is InChI=1S/C16H27NO3/c1-12-10-17(11-13(12)2)14(18)8-16(9-15(19)20)6-4-3-5-7-16/h12-13H,3-11H2,1-2H3,(H,19,20). The van der Waals surface area contributed by atoms with Crippen LogP contribution >= 0.6 is 0 Å².